The van der Waals surface area contributed by atoms with Crippen molar-refractivity contribution in [3.05, 3.63) is 34.6 Å². The lowest BCUT2D eigenvalue weighted by molar-refractivity contribution is 0.425. The summed E-state index contributed by atoms with van der Waals surface area (Å²) >= 11 is 0. The highest BCUT2D eigenvalue weighted by molar-refractivity contribution is 7.14. The summed E-state index contributed by atoms with van der Waals surface area (Å²) < 4.78 is 1.04. The van der Waals surface area contributed by atoms with E-state index in [1.54, 1.807) is 0 Å². The van der Waals surface area contributed by atoms with Crippen LogP contribution in [-0.4, -0.2) is 26.6 Å². The molecule has 5 nitrogen and oxygen atoms in total. The van der Waals surface area contributed by atoms with Gasteiger partial charge in [0.25, 0.3) is 5.56 Å². The highest BCUT2D eigenvalue weighted by Gasteiger charge is 2.13. The topological polar surface area (TPSA) is 82.7 Å². The highest BCUT2D eigenvalue weighted by Crippen LogP contribution is 2.22. The van der Waals surface area contributed by atoms with Crippen LogP contribution in [0.5, 0.6) is 5.88 Å². The van der Waals surface area contributed by atoms with E-state index in [1.165, 1.54) is 24.3 Å². The van der Waals surface area contributed by atoms with Crippen LogP contribution in [0.2, 0.25) is 0 Å². The lowest BCUT2D eigenvalue weighted by atomic mass is 9.79. The number of rotatable bonds is 1. The van der Waals surface area contributed by atoms with Gasteiger partial charge >= 0.3 is 7.12 Å². The molecule has 0 aliphatic carbocycles. The first kappa shape index (κ1) is 11.1. The lowest BCUT2D eigenvalue weighted by Crippen LogP contribution is -2.29. The van der Waals surface area contributed by atoms with E-state index in [0.717, 1.165) is 4.34 Å². The Bertz CT molecular complexity index is 610. The van der Waals surface area contributed by atoms with Crippen molar-refractivity contribution >= 4 is 32.7 Å². The molecule has 7 heteroatoms. The van der Waals surface area contributed by atoms with Crippen molar-refractivity contribution < 1.29 is 15.2 Å². The van der Waals surface area contributed by atoms with Gasteiger partial charge in [0, 0.05) is 11.5 Å². The summed E-state index contributed by atoms with van der Waals surface area (Å²) in [6, 6.07) is 5.76. The van der Waals surface area contributed by atoms with Crippen LogP contribution < -0.4 is 11.0 Å². The molecular formula is C9H9BNO4P. The van der Waals surface area contributed by atoms with Crippen LogP contribution in [0.25, 0.3) is 10.8 Å². The molecule has 0 radical (unpaired) electrons. The first-order valence-electron chi connectivity index (χ1n) is 4.50. The van der Waals surface area contributed by atoms with Gasteiger partial charge in [-0.1, -0.05) is 12.1 Å². The fraction of sp³-hybridized carbons (Fsp3) is 0. The second kappa shape index (κ2) is 3.90. The normalized spacial score (nSPS) is 10.7. The van der Waals surface area contributed by atoms with Crippen molar-refractivity contribution in [1.29, 1.82) is 0 Å². The molecule has 0 amide bonds. The maximum Gasteiger partial charge on any atom is 0.488 e. The molecule has 0 fully saturated rings. The van der Waals surface area contributed by atoms with E-state index in [1.807, 2.05) is 0 Å². The Labute approximate surface area is 93.4 Å². The first-order chi connectivity index (χ1) is 7.50. The minimum absolute atomic E-state index is 0.175. The zero-order valence-electron chi connectivity index (χ0n) is 8.16. The first-order valence-corrected chi connectivity index (χ1v) is 5.02. The minimum Gasteiger partial charge on any atom is -0.494 e. The van der Waals surface area contributed by atoms with Gasteiger partial charge in [0.1, 0.15) is 0 Å². The number of fused-ring (bicyclic) bond motifs is 1. The fourth-order valence-electron chi connectivity index (χ4n) is 1.50. The third kappa shape index (κ3) is 1.71. The average molecular weight is 237 g/mol. The Balaban J connectivity index is 2.81. The van der Waals surface area contributed by atoms with Crippen LogP contribution in [0, 0.1) is 0 Å². The number of nitrogens with zero attached hydrogens (tertiary/aromatic N) is 1. The molecule has 0 saturated carbocycles. The van der Waals surface area contributed by atoms with E-state index >= 15 is 0 Å². The molecule has 0 bridgehead atoms. The van der Waals surface area contributed by atoms with Crippen molar-refractivity contribution in [2.75, 3.05) is 0 Å². The molecule has 1 heterocycles. The van der Waals surface area contributed by atoms with E-state index in [9.17, 15) is 9.90 Å². The van der Waals surface area contributed by atoms with Gasteiger partial charge in [-0.2, -0.15) is 0 Å². The molecule has 2 rings (SSSR count). The number of hydrogen-bond acceptors (Lipinski definition) is 4. The summed E-state index contributed by atoms with van der Waals surface area (Å²) in [5.74, 6) is -0.175. The molecule has 1 atom stereocenters. The summed E-state index contributed by atoms with van der Waals surface area (Å²) in [5.41, 5.74) is -0.118. The number of aromatic nitrogens is 1. The third-order valence-electron chi connectivity index (χ3n) is 2.36. The van der Waals surface area contributed by atoms with Gasteiger partial charge in [0.15, 0.2) is 0 Å². The smallest absolute Gasteiger partial charge is 0.488 e. The maximum absolute atomic E-state index is 11.4. The number of benzene rings is 1. The Morgan fingerprint density at radius 2 is 1.94 bits per heavy atom. The average Bonchev–Trinajstić information content (AvgIpc) is 2.25. The molecule has 82 valence electrons. The van der Waals surface area contributed by atoms with Crippen LogP contribution in [0.1, 0.15) is 0 Å². The Morgan fingerprint density at radius 1 is 1.25 bits per heavy atom. The molecule has 0 spiro atoms. The molecule has 16 heavy (non-hydrogen) atoms. The predicted molar refractivity (Wildman–Crippen MR) is 64.8 cm³/mol. The molecule has 1 unspecified atom stereocenters. The number of aromatic hydroxyl groups is 1. The van der Waals surface area contributed by atoms with Gasteiger partial charge in [-0.15, -0.1) is 0 Å². The molecule has 3 N–H and O–H groups in total. The van der Waals surface area contributed by atoms with E-state index in [4.69, 9.17) is 10.0 Å². The molecule has 2 aromatic rings. The van der Waals surface area contributed by atoms with Crippen LogP contribution in [0.15, 0.2) is 29.1 Å². The molecule has 0 saturated heterocycles. The zero-order chi connectivity index (χ0) is 11.9. The third-order valence-corrected chi connectivity index (χ3v) is 2.86. The minimum atomic E-state index is -1.59. The standard InChI is InChI=1S/C9H9BNO4P/c12-8-4-5-3-6(10(14)15)1-2-7(5)9(13)11(8)16/h1-4,13-15H,16H2. The van der Waals surface area contributed by atoms with Gasteiger partial charge < -0.3 is 15.2 Å². The van der Waals surface area contributed by atoms with Gasteiger partial charge in [0.05, 0.1) is 0 Å². The molecule has 1 aromatic heterocycles. The molecular weight excluding hydrogens is 228 g/mol. The van der Waals surface area contributed by atoms with Crippen molar-refractivity contribution in [2.24, 2.45) is 0 Å². The quantitative estimate of drug-likeness (QED) is 0.440. The second-order valence-electron chi connectivity index (χ2n) is 3.40. The predicted octanol–water partition coefficient (Wildman–Crippen LogP) is -0.975. The Hall–Kier alpha value is -1.36. The van der Waals surface area contributed by atoms with Crippen molar-refractivity contribution in [2.45, 2.75) is 0 Å². The van der Waals surface area contributed by atoms with E-state index in [0.29, 0.717) is 10.8 Å². The summed E-state index contributed by atoms with van der Waals surface area (Å²) in [6.45, 7) is 0. The Morgan fingerprint density at radius 3 is 2.56 bits per heavy atom. The van der Waals surface area contributed by atoms with Gasteiger partial charge in [-0.05, 0) is 26.3 Å². The molecule has 0 aliphatic rings. The van der Waals surface area contributed by atoms with E-state index in [-0.39, 0.29) is 16.9 Å². The largest absolute Gasteiger partial charge is 0.494 e. The maximum atomic E-state index is 11.4. The molecule has 1 aromatic carbocycles. The summed E-state index contributed by atoms with van der Waals surface area (Å²) in [4.78, 5) is 11.4. The van der Waals surface area contributed by atoms with Crippen LogP contribution >= 0.6 is 9.39 Å². The number of pyridine rings is 1. The van der Waals surface area contributed by atoms with Crippen molar-refractivity contribution in [3.8, 4) is 5.88 Å². The van der Waals surface area contributed by atoms with Crippen LogP contribution in [0.3, 0.4) is 0 Å². The number of hydrogen-bond donors (Lipinski definition) is 3. The molecule has 0 aliphatic heterocycles. The Kier molecular flexibility index (Phi) is 2.72. The monoisotopic (exact) mass is 237 g/mol. The van der Waals surface area contributed by atoms with E-state index in [2.05, 4.69) is 9.39 Å². The van der Waals surface area contributed by atoms with Crippen LogP contribution in [0.4, 0.5) is 0 Å². The van der Waals surface area contributed by atoms with Gasteiger partial charge in [-0.3, -0.25) is 9.13 Å². The van der Waals surface area contributed by atoms with Crippen molar-refractivity contribution in [1.82, 2.24) is 4.34 Å². The fourth-order valence-corrected chi connectivity index (χ4v) is 1.72. The van der Waals surface area contributed by atoms with E-state index < -0.39 is 7.12 Å². The zero-order valence-corrected chi connectivity index (χ0v) is 9.32. The summed E-state index contributed by atoms with van der Waals surface area (Å²) in [7, 11) is 0.511. The summed E-state index contributed by atoms with van der Waals surface area (Å²) in [5, 5.41) is 28.6. The van der Waals surface area contributed by atoms with Crippen LogP contribution in [-0.2, 0) is 0 Å². The van der Waals surface area contributed by atoms with Gasteiger partial charge in [-0.25, -0.2) is 0 Å². The SMILES string of the molecule is O=c1cc2cc(B(O)O)ccc2c(O)n1P. The second-order valence-corrected chi connectivity index (χ2v) is 3.91. The van der Waals surface area contributed by atoms with Gasteiger partial charge in [0.2, 0.25) is 5.88 Å². The van der Waals surface area contributed by atoms with Crippen molar-refractivity contribution in [3.63, 3.8) is 0 Å². The lowest BCUT2D eigenvalue weighted by Gasteiger charge is -2.07. The highest BCUT2D eigenvalue weighted by atomic mass is 31.0. The summed E-state index contributed by atoms with van der Waals surface area (Å²) in [6.07, 6.45) is 0.